The maximum absolute atomic E-state index is 13.9. The first kappa shape index (κ1) is 95.3. The lowest BCUT2D eigenvalue weighted by atomic mass is 9.82. The molecule has 9 rings (SSSR count). The van der Waals surface area contributed by atoms with Gasteiger partial charge in [-0.25, -0.2) is 19.2 Å². The SMILES string of the molecule is CC1CCC(C(=O)N(CC(C)C(=O)N2CCOCC2)c2cc(C#CC(C)(C)C)sc2C(=O)O)CC1.COC(=O)c1sc(C#CC(C)(C)C)cc1Br.COC(=O)c1sc(C#CC(C)(C)C)cc1N(CC(C)C(=O)N1CCOCC1)C(=O)C1CCC(C)CC1.COC(=O)c1sc(C#CC(C)(C)C)cc1NCC(C)C(=O)N1CCOCC1. The van der Waals surface area contributed by atoms with Crippen LogP contribution in [-0.4, -0.2) is 193 Å². The largest absolute Gasteiger partial charge is 0.477 e. The van der Waals surface area contributed by atoms with Gasteiger partial charge in [0.2, 0.25) is 29.5 Å². The predicted molar refractivity (Wildman–Crippen MR) is 456 cm³/mol. The Labute approximate surface area is 700 Å². The van der Waals surface area contributed by atoms with E-state index in [4.69, 9.17) is 23.7 Å². The monoisotopic (exact) mass is 1710 g/mol. The Kier molecular flexibility index (Phi) is 36.9. The molecule has 4 aromatic rings. The molecule has 22 nitrogen and oxygen atoms in total. The van der Waals surface area contributed by atoms with E-state index in [2.05, 4.69) is 87.2 Å². The van der Waals surface area contributed by atoms with Crippen LogP contribution in [0.1, 0.15) is 227 Å². The molecule has 3 atom stereocenters. The van der Waals surface area contributed by atoms with Crippen molar-refractivity contribution >= 4 is 132 Å². The molecule has 7 heterocycles. The Morgan fingerprint density at radius 2 is 0.763 bits per heavy atom. The number of halogens is 1. The third-order valence-electron chi connectivity index (χ3n) is 19.0. The number of carbonyl (C=O) groups excluding carboxylic acids is 8. The van der Waals surface area contributed by atoms with Crippen LogP contribution >= 0.6 is 61.3 Å². The second kappa shape index (κ2) is 44.1. The normalized spacial score (nSPS) is 18.5. The van der Waals surface area contributed by atoms with Crippen LogP contribution in [-0.2, 0) is 52.4 Å². The number of ether oxygens (including phenoxy) is 6. The number of hydrogen-bond acceptors (Lipinski definition) is 20. The van der Waals surface area contributed by atoms with Crippen molar-refractivity contribution in [2.45, 2.75) is 169 Å². The molecule has 3 saturated heterocycles. The van der Waals surface area contributed by atoms with Gasteiger partial charge < -0.3 is 63.3 Å². The smallest absolute Gasteiger partial charge is 0.350 e. The quantitative estimate of drug-likeness (QED) is 0.0533. The maximum Gasteiger partial charge on any atom is 0.350 e. The van der Waals surface area contributed by atoms with Crippen molar-refractivity contribution in [3.8, 4) is 47.4 Å². The van der Waals surface area contributed by atoms with E-state index in [1.165, 1.54) is 55.3 Å². The first-order chi connectivity index (χ1) is 53.5. The summed E-state index contributed by atoms with van der Waals surface area (Å²) in [4.78, 5) is 128. The van der Waals surface area contributed by atoms with Crippen LogP contribution in [0.2, 0.25) is 0 Å². The molecule has 114 heavy (non-hydrogen) atoms. The van der Waals surface area contributed by atoms with Crippen LogP contribution in [0.3, 0.4) is 0 Å². The summed E-state index contributed by atoms with van der Waals surface area (Å²) in [6, 6.07) is 7.21. The molecule has 0 radical (unpaired) electrons. The van der Waals surface area contributed by atoms with Gasteiger partial charge >= 0.3 is 23.9 Å². The highest BCUT2D eigenvalue weighted by atomic mass is 79.9. The molecular formula is C87H119BrN6O16S4. The van der Waals surface area contributed by atoms with Gasteiger partial charge in [-0.15, -0.1) is 45.3 Å². The summed E-state index contributed by atoms with van der Waals surface area (Å²) in [5.41, 5.74) is 0.904. The van der Waals surface area contributed by atoms with E-state index >= 15 is 0 Å². The van der Waals surface area contributed by atoms with Crippen molar-refractivity contribution in [1.29, 1.82) is 0 Å². The first-order valence-electron chi connectivity index (χ1n) is 39.3. The van der Waals surface area contributed by atoms with Crippen LogP contribution in [0.4, 0.5) is 17.1 Å². The van der Waals surface area contributed by atoms with Gasteiger partial charge in [0.25, 0.3) is 0 Å². The Bertz CT molecular complexity index is 4240. The van der Waals surface area contributed by atoms with E-state index in [9.17, 15) is 48.3 Å². The number of morpholine rings is 3. The minimum absolute atomic E-state index is 0.00374. The highest BCUT2D eigenvalue weighted by Gasteiger charge is 2.38. The van der Waals surface area contributed by atoms with Crippen LogP contribution < -0.4 is 15.1 Å². The van der Waals surface area contributed by atoms with Gasteiger partial charge in [0.15, 0.2) is 0 Å². The van der Waals surface area contributed by atoms with Gasteiger partial charge in [0.05, 0.1) is 115 Å². The van der Waals surface area contributed by atoms with E-state index in [1.807, 2.05) is 127 Å². The van der Waals surface area contributed by atoms with Gasteiger partial charge in [-0.05, 0) is 186 Å². The molecule has 0 aromatic carbocycles. The average molecular weight is 1710 g/mol. The van der Waals surface area contributed by atoms with E-state index in [1.54, 1.807) is 25.7 Å². The van der Waals surface area contributed by atoms with E-state index in [0.29, 0.717) is 139 Å². The Hall–Kier alpha value is -7.57. The molecule has 624 valence electrons. The molecule has 3 aliphatic heterocycles. The molecule has 2 saturated carbocycles. The fourth-order valence-electron chi connectivity index (χ4n) is 12.6. The van der Waals surface area contributed by atoms with Gasteiger partial charge in [-0.1, -0.05) is 82.0 Å². The summed E-state index contributed by atoms with van der Waals surface area (Å²) in [6.45, 7) is 41.7. The van der Waals surface area contributed by atoms with Crippen LogP contribution in [0, 0.1) is 110 Å². The summed E-state index contributed by atoms with van der Waals surface area (Å²) in [5, 5.41) is 13.2. The lowest BCUT2D eigenvalue weighted by Gasteiger charge is -2.34. The minimum Gasteiger partial charge on any atom is -0.477 e. The number of aromatic carboxylic acids is 1. The molecular weight excluding hydrogens is 1590 g/mol. The molecule has 2 N–H and O–H groups in total. The van der Waals surface area contributed by atoms with E-state index in [-0.39, 0.29) is 92.9 Å². The molecule has 5 amide bonds. The van der Waals surface area contributed by atoms with Gasteiger partial charge in [0, 0.05) is 96.9 Å². The predicted octanol–water partition coefficient (Wildman–Crippen LogP) is 15.6. The zero-order chi connectivity index (χ0) is 84.6. The minimum atomic E-state index is -1.09. The molecule has 4 aromatic heterocycles. The zero-order valence-corrected chi connectivity index (χ0v) is 75.3. The third kappa shape index (κ3) is 30.5. The molecule has 0 bridgehead atoms. The summed E-state index contributed by atoms with van der Waals surface area (Å²) in [7, 11) is 4.07. The number of esters is 3. The maximum atomic E-state index is 13.9. The van der Waals surface area contributed by atoms with E-state index in [0.717, 1.165) is 76.9 Å². The number of thiophene rings is 4. The number of carboxylic acid groups (broad SMARTS) is 1. The number of rotatable bonds is 18. The molecule has 0 spiro atoms. The number of methoxy groups -OCH3 is 3. The fourth-order valence-corrected chi connectivity index (χ4v) is 16.9. The second-order valence-electron chi connectivity index (χ2n) is 33.8. The highest BCUT2D eigenvalue weighted by Crippen LogP contribution is 2.39. The van der Waals surface area contributed by atoms with Crippen LogP contribution in [0.25, 0.3) is 0 Å². The fraction of sp³-hybridized carbons (Fsp3) is 0.621. The standard InChI is InChI=1S/C28H40N2O5S.C27H38N2O5S.C20H28N2O4S.C12H13BrO2S/c1-19-7-9-21(10-8-19)26(32)30(18-20(2)25(31)29-13-15-35-16-14-29)23-17-22(11-12-28(3,4)5)36-24(23)27(33)34-6;1-18-6-8-20(9-7-18)25(31)29(17-19(2)24(30)28-12-14-34-15-13-28)22-16-21(10-11-27(3,4)5)35-23(22)26(32)33;1-14(18(23)22-8-10-26-11-9-22)13-21-16-12-15(6-7-20(2,3)4)27-17(16)19(24)25-5;1-12(2,3)6-5-8-7-9(13)10(16-8)11(14)15-4/h17,19-21H,7-10,13-16,18H2,1-6H3;16,18-20H,6-9,12-15,17H2,1-5H3,(H,32,33);12,14,21H,8-11,13H2,1-5H3;7H,1-4H3. The Morgan fingerprint density at radius 1 is 0.465 bits per heavy atom. The number of hydrogen-bond donors (Lipinski definition) is 2. The first-order valence-corrected chi connectivity index (χ1v) is 43.3. The molecule has 27 heteroatoms. The molecule has 5 fully saturated rings. The van der Waals surface area contributed by atoms with Gasteiger partial charge in [-0.3, -0.25) is 24.0 Å². The topological polar surface area (TPSA) is 257 Å². The number of anilines is 3. The Morgan fingerprint density at radius 3 is 1.11 bits per heavy atom. The highest BCUT2D eigenvalue weighted by molar-refractivity contribution is 9.10. The van der Waals surface area contributed by atoms with Gasteiger partial charge in [0.1, 0.15) is 19.5 Å². The second-order valence-corrected chi connectivity index (χ2v) is 38.8. The Balaban J connectivity index is 0.000000245. The zero-order valence-electron chi connectivity index (χ0n) is 70.4. The van der Waals surface area contributed by atoms with Crippen molar-refractivity contribution in [1.82, 2.24) is 14.7 Å². The number of nitrogens with zero attached hydrogens (tertiary/aromatic N) is 5. The van der Waals surface area contributed by atoms with Crippen LogP contribution in [0.5, 0.6) is 0 Å². The average Bonchev–Trinajstić information content (AvgIpc) is 1.62. The third-order valence-corrected chi connectivity index (χ3v) is 24.0. The number of nitrogens with one attached hydrogen (secondary N) is 1. The van der Waals surface area contributed by atoms with Crippen molar-refractivity contribution < 1.29 is 76.7 Å². The van der Waals surface area contributed by atoms with Gasteiger partial charge in [-0.2, -0.15) is 0 Å². The lowest BCUT2D eigenvalue weighted by molar-refractivity contribution is -0.139. The number of carboxylic acids is 1. The van der Waals surface area contributed by atoms with Crippen LogP contribution in [0.15, 0.2) is 28.7 Å². The summed E-state index contributed by atoms with van der Waals surface area (Å²) in [5.74, 6) is 22.5. The number of amides is 5. The van der Waals surface area contributed by atoms with Crippen molar-refractivity contribution in [2.75, 3.05) is 135 Å². The van der Waals surface area contributed by atoms with Crippen molar-refractivity contribution in [3.05, 3.63) is 67.8 Å². The molecule has 2 aliphatic carbocycles. The summed E-state index contributed by atoms with van der Waals surface area (Å²) in [6.07, 6.45) is 7.16. The summed E-state index contributed by atoms with van der Waals surface area (Å²) < 4.78 is 31.4. The van der Waals surface area contributed by atoms with Crippen molar-refractivity contribution in [3.63, 3.8) is 0 Å². The van der Waals surface area contributed by atoms with E-state index < -0.39 is 29.7 Å². The molecule has 5 aliphatic rings. The molecule has 3 unspecified atom stereocenters. The lowest BCUT2D eigenvalue weighted by Crippen LogP contribution is -2.48. The number of carbonyl (C=O) groups is 9. The summed E-state index contributed by atoms with van der Waals surface area (Å²) >= 11 is 8.28. The van der Waals surface area contributed by atoms with Crippen molar-refractivity contribution in [2.24, 2.45) is 63.1 Å².